The maximum absolute atomic E-state index is 8.93. The largest absolute Gasteiger partial charge is 0.365 e. The van der Waals surface area contributed by atoms with Crippen molar-refractivity contribution in [2.24, 2.45) is 0 Å². The summed E-state index contributed by atoms with van der Waals surface area (Å²) in [6.07, 6.45) is 0.596. The molecule has 0 radical (unpaired) electrons. The van der Waals surface area contributed by atoms with E-state index in [2.05, 4.69) is 54.1 Å². The molecule has 1 unspecified atom stereocenters. The highest BCUT2D eigenvalue weighted by Crippen LogP contribution is 2.22. The molecule has 3 nitrogen and oxygen atoms in total. The number of nitriles is 1. The Kier molecular flexibility index (Phi) is 3.65. The zero-order valence-electron chi connectivity index (χ0n) is 10.6. The predicted octanol–water partition coefficient (Wildman–Crippen LogP) is 2.03. The number of hydrogen-bond donors (Lipinski definition) is 0. The molecule has 1 saturated heterocycles. The van der Waals surface area contributed by atoms with Crippen molar-refractivity contribution in [1.29, 1.82) is 5.26 Å². The number of nitrogens with zero attached hydrogens (tertiary/aromatic N) is 3. The van der Waals surface area contributed by atoms with E-state index in [0.717, 1.165) is 19.6 Å². The van der Waals surface area contributed by atoms with Crippen molar-refractivity contribution in [3.05, 3.63) is 29.8 Å². The van der Waals surface area contributed by atoms with Crippen LogP contribution in [0.5, 0.6) is 0 Å². The van der Waals surface area contributed by atoms with Crippen LogP contribution in [0.25, 0.3) is 0 Å². The lowest BCUT2D eigenvalue weighted by molar-refractivity contribution is 0.268. The highest BCUT2D eigenvalue weighted by atomic mass is 15.3. The standard InChI is InChI=1S/C14H19N3/c1-12-4-3-5-13(10-12)17-9-8-16(2)11-14(17)6-7-15/h3-5,10,14H,6,8-9,11H2,1-2H3. The Labute approximate surface area is 103 Å². The molecule has 1 fully saturated rings. The number of hydrogen-bond acceptors (Lipinski definition) is 3. The minimum atomic E-state index is 0.320. The van der Waals surface area contributed by atoms with Crippen LogP contribution in [0.4, 0.5) is 5.69 Å². The molecule has 1 atom stereocenters. The van der Waals surface area contributed by atoms with Crippen LogP contribution >= 0.6 is 0 Å². The van der Waals surface area contributed by atoms with Gasteiger partial charge in [0, 0.05) is 25.3 Å². The van der Waals surface area contributed by atoms with Crippen molar-refractivity contribution in [2.75, 3.05) is 31.6 Å². The third kappa shape index (κ3) is 2.78. The molecule has 0 saturated carbocycles. The number of rotatable bonds is 2. The normalized spacial score (nSPS) is 21.2. The predicted molar refractivity (Wildman–Crippen MR) is 70.0 cm³/mol. The lowest BCUT2D eigenvalue weighted by atomic mass is 10.1. The molecule has 0 aliphatic carbocycles. The van der Waals surface area contributed by atoms with Crippen LogP contribution in [0.2, 0.25) is 0 Å². The minimum absolute atomic E-state index is 0.320. The molecule has 1 aromatic rings. The van der Waals surface area contributed by atoms with Crippen LogP contribution in [0.1, 0.15) is 12.0 Å². The topological polar surface area (TPSA) is 30.3 Å². The molecule has 1 aliphatic rings. The van der Waals surface area contributed by atoms with Crippen LogP contribution in [0, 0.1) is 18.3 Å². The Morgan fingerprint density at radius 1 is 1.41 bits per heavy atom. The van der Waals surface area contributed by atoms with Crippen LogP contribution in [-0.4, -0.2) is 37.6 Å². The first-order chi connectivity index (χ1) is 8.20. The van der Waals surface area contributed by atoms with Gasteiger partial charge < -0.3 is 9.80 Å². The number of benzene rings is 1. The van der Waals surface area contributed by atoms with E-state index in [1.807, 2.05) is 0 Å². The maximum Gasteiger partial charge on any atom is 0.0643 e. The third-order valence-corrected chi connectivity index (χ3v) is 3.35. The molecule has 0 aromatic heterocycles. The SMILES string of the molecule is Cc1cccc(N2CCN(C)CC2CC#N)c1. The van der Waals surface area contributed by atoms with Crippen molar-refractivity contribution in [2.45, 2.75) is 19.4 Å². The molecule has 2 rings (SSSR count). The van der Waals surface area contributed by atoms with Gasteiger partial charge in [0.05, 0.1) is 18.5 Å². The van der Waals surface area contributed by atoms with Gasteiger partial charge in [0.2, 0.25) is 0 Å². The van der Waals surface area contributed by atoms with Crippen molar-refractivity contribution in [1.82, 2.24) is 4.90 Å². The van der Waals surface area contributed by atoms with Gasteiger partial charge in [-0.3, -0.25) is 0 Å². The molecule has 17 heavy (non-hydrogen) atoms. The number of likely N-dealkylation sites (N-methyl/N-ethyl adjacent to an activating group) is 1. The molecule has 3 heteroatoms. The second-order valence-corrected chi connectivity index (χ2v) is 4.81. The quantitative estimate of drug-likeness (QED) is 0.777. The highest BCUT2D eigenvalue weighted by Gasteiger charge is 2.25. The van der Waals surface area contributed by atoms with Crippen LogP contribution < -0.4 is 4.90 Å². The third-order valence-electron chi connectivity index (χ3n) is 3.35. The van der Waals surface area contributed by atoms with E-state index in [1.54, 1.807) is 0 Å². The second-order valence-electron chi connectivity index (χ2n) is 4.81. The Morgan fingerprint density at radius 2 is 2.24 bits per heavy atom. The Hall–Kier alpha value is -1.53. The number of anilines is 1. The first kappa shape index (κ1) is 11.9. The lowest BCUT2D eigenvalue weighted by Crippen LogP contribution is -2.51. The van der Waals surface area contributed by atoms with Gasteiger partial charge in [0.15, 0.2) is 0 Å². The van der Waals surface area contributed by atoms with Gasteiger partial charge in [0.1, 0.15) is 0 Å². The summed E-state index contributed by atoms with van der Waals surface area (Å²) in [6.45, 7) is 5.16. The maximum atomic E-state index is 8.93. The minimum Gasteiger partial charge on any atom is -0.365 e. The van der Waals surface area contributed by atoms with Crippen molar-refractivity contribution < 1.29 is 0 Å². The van der Waals surface area contributed by atoms with E-state index in [4.69, 9.17) is 5.26 Å². The summed E-state index contributed by atoms with van der Waals surface area (Å²) in [5.41, 5.74) is 2.52. The molecule has 0 N–H and O–H groups in total. The Balaban J connectivity index is 2.20. The van der Waals surface area contributed by atoms with E-state index < -0.39 is 0 Å². The van der Waals surface area contributed by atoms with Crippen molar-refractivity contribution in [3.63, 3.8) is 0 Å². The molecule has 1 heterocycles. The monoisotopic (exact) mass is 229 g/mol. The zero-order chi connectivity index (χ0) is 12.3. The van der Waals surface area contributed by atoms with Gasteiger partial charge in [-0.15, -0.1) is 0 Å². The van der Waals surface area contributed by atoms with E-state index in [-0.39, 0.29) is 0 Å². The zero-order valence-corrected chi connectivity index (χ0v) is 10.6. The smallest absolute Gasteiger partial charge is 0.0643 e. The summed E-state index contributed by atoms with van der Waals surface area (Å²) in [5, 5.41) is 8.93. The molecule has 0 bridgehead atoms. The summed E-state index contributed by atoms with van der Waals surface area (Å²) >= 11 is 0. The molecule has 1 aliphatic heterocycles. The van der Waals surface area contributed by atoms with Crippen LogP contribution in [-0.2, 0) is 0 Å². The first-order valence-electron chi connectivity index (χ1n) is 6.09. The Bertz CT molecular complexity index is 422. The second kappa shape index (κ2) is 5.20. The van der Waals surface area contributed by atoms with Crippen LogP contribution in [0.3, 0.4) is 0 Å². The van der Waals surface area contributed by atoms with Gasteiger partial charge in [-0.05, 0) is 31.7 Å². The van der Waals surface area contributed by atoms with Crippen LogP contribution in [0.15, 0.2) is 24.3 Å². The molecule has 0 spiro atoms. The number of piperazine rings is 1. The summed E-state index contributed by atoms with van der Waals surface area (Å²) in [4.78, 5) is 4.67. The fraction of sp³-hybridized carbons (Fsp3) is 0.500. The molecule has 0 amide bonds. The number of aryl methyl sites for hydroxylation is 1. The summed E-state index contributed by atoms with van der Waals surface area (Å²) in [6, 6.07) is 11.2. The lowest BCUT2D eigenvalue weighted by Gasteiger charge is -2.40. The van der Waals surface area contributed by atoms with Gasteiger partial charge >= 0.3 is 0 Å². The first-order valence-corrected chi connectivity index (χ1v) is 6.09. The van der Waals surface area contributed by atoms with Gasteiger partial charge in [-0.25, -0.2) is 0 Å². The van der Waals surface area contributed by atoms with E-state index >= 15 is 0 Å². The van der Waals surface area contributed by atoms with E-state index in [1.165, 1.54) is 11.3 Å². The summed E-state index contributed by atoms with van der Waals surface area (Å²) < 4.78 is 0. The summed E-state index contributed by atoms with van der Waals surface area (Å²) in [7, 11) is 2.12. The average Bonchev–Trinajstić information content (AvgIpc) is 2.29. The Morgan fingerprint density at radius 3 is 2.94 bits per heavy atom. The van der Waals surface area contributed by atoms with Crippen molar-refractivity contribution >= 4 is 5.69 Å². The van der Waals surface area contributed by atoms with Gasteiger partial charge in [-0.1, -0.05) is 12.1 Å². The van der Waals surface area contributed by atoms with Gasteiger partial charge in [0.25, 0.3) is 0 Å². The van der Waals surface area contributed by atoms with E-state index in [9.17, 15) is 0 Å². The van der Waals surface area contributed by atoms with Gasteiger partial charge in [-0.2, -0.15) is 5.26 Å². The fourth-order valence-corrected chi connectivity index (χ4v) is 2.44. The van der Waals surface area contributed by atoms with Crippen molar-refractivity contribution in [3.8, 4) is 6.07 Å². The molecular formula is C14H19N3. The molecule has 1 aromatic carbocycles. The molecule has 90 valence electrons. The summed E-state index contributed by atoms with van der Waals surface area (Å²) in [5.74, 6) is 0. The fourth-order valence-electron chi connectivity index (χ4n) is 2.44. The van der Waals surface area contributed by atoms with E-state index in [0.29, 0.717) is 12.5 Å². The highest BCUT2D eigenvalue weighted by molar-refractivity contribution is 5.50. The average molecular weight is 229 g/mol. The molecular weight excluding hydrogens is 210 g/mol.